The van der Waals surface area contributed by atoms with Crippen LogP contribution in [0.4, 0.5) is 0 Å². The van der Waals surface area contributed by atoms with Gasteiger partial charge in [-0.1, -0.05) is 72.8 Å². The van der Waals surface area contributed by atoms with E-state index in [2.05, 4.69) is 36.4 Å². The molecule has 0 aliphatic rings. The van der Waals surface area contributed by atoms with Crippen LogP contribution in [-0.4, -0.2) is 43.8 Å². The zero-order valence-electron chi connectivity index (χ0n) is 15.7. The van der Waals surface area contributed by atoms with Gasteiger partial charge in [0.25, 0.3) is 0 Å². The maximum Gasteiger partial charge on any atom is 0.631 e. The summed E-state index contributed by atoms with van der Waals surface area (Å²) in [7, 11) is -2.17. The van der Waals surface area contributed by atoms with Gasteiger partial charge in [0.15, 0.2) is 0 Å². The first-order valence-electron chi connectivity index (χ1n) is 8.20. The van der Waals surface area contributed by atoms with Gasteiger partial charge in [0.05, 0.1) is 11.2 Å². The van der Waals surface area contributed by atoms with Crippen LogP contribution in [0.1, 0.15) is 38.8 Å². The van der Waals surface area contributed by atoms with Gasteiger partial charge < -0.3 is 25.3 Å². The molecule has 0 saturated heterocycles. The van der Waals surface area contributed by atoms with Crippen molar-refractivity contribution in [3.05, 3.63) is 71.8 Å². The maximum atomic E-state index is 9.10. The summed E-state index contributed by atoms with van der Waals surface area (Å²) in [5, 5.41) is 39.7. The van der Waals surface area contributed by atoms with Crippen molar-refractivity contribution in [2.45, 2.75) is 38.9 Å². The van der Waals surface area contributed by atoms with Crippen LogP contribution in [-0.2, 0) is 0 Å². The smallest absolute Gasteiger partial charge is 0.402 e. The lowest BCUT2D eigenvalue weighted by Gasteiger charge is -2.31. The van der Waals surface area contributed by atoms with Crippen LogP contribution >= 0.6 is 0 Å². The van der Waals surface area contributed by atoms with E-state index in [-0.39, 0.29) is 0 Å². The summed E-state index contributed by atoms with van der Waals surface area (Å²) in [6, 6.07) is 20.6. The largest absolute Gasteiger partial charge is 0.631 e. The lowest BCUT2D eigenvalue weighted by molar-refractivity contribution is -0.107. The zero-order chi connectivity index (χ0) is 20.2. The second-order valence-corrected chi connectivity index (χ2v) is 6.62. The molecule has 5 N–H and O–H groups in total. The number of aliphatic hydroxyl groups is 2. The molecule has 0 aromatic heterocycles. The molecule has 6 heteroatoms. The van der Waals surface area contributed by atoms with Crippen LogP contribution in [0.15, 0.2) is 60.7 Å². The van der Waals surface area contributed by atoms with Crippen molar-refractivity contribution in [1.82, 2.24) is 0 Å². The first-order chi connectivity index (χ1) is 11.9. The highest BCUT2D eigenvalue weighted by Crippen LogP contribution is 2.19. The van der Waals surface area contributed by atoms with E-state index >= 15 is 0 Å². The van der Waals surface area contributed by atoms with Gasteiger partial charge in [-0.2, -0.15) is 0 Å². The summed E-state index contributed by atoms with van der Waals surface area (Å²) < 4.78 is 0. The van der Waals surface area contributed by atoms with Gasteiger partial charge >= 0.3 is 7.32 Å². The third kappa shape index (κ3) is 12.4. The van der Waals surface area contributed by atoms with Crippen LogP contribution in [0.5, 0.6) is 0 Å². The quantitative estimate of drug-likeness (QED) is 0.427. The number of benzene rings is 2. The predicted molar refractivity (Wildman–Crippen MR) is 107 cm³/mol. The second kappa shape index (κ2) is 11.6. The van der Waals surface area contributed by atoms with Crippen LogP contribution in [0, 0.1) is 0 Å². The molecule has 26 heavy (non-hydrogen) atoms. The van der Waals surface area contributed by atoms with Crippen molar-refractivity contribution in [3.63, 3.8) is 0 Å². The summed E-state index contributed by atoms with van der Waals surface area (Å²) in [4.78, 5) is 0. The lowest BCUT2D eigenvalue weighted by Crippen LogP contribution is -2.44. The minimum absolute atomic E-state index is 1.01. The highest BCUT2D eigenvalue weighted by molar-refractivity contribution is 6.30. The Hall–Kier alpha value is -1.96. The van der Waals surface area contributed by atoms with Gasteiger partial charge in [-0.15, -0.1) is 0 Å². The number of rotatable bonds is 3. The Kier molecular flexibility index (Phi) is 10.7. The van der Waals surface area contributed by atoms with Gasteiger partial charge in [0.2, 0.25) is 0 Å². The summed E-state index contributed by atoms with van der Waals surface area (Å²) in [6.45, 7) is 6.31. The van der Waals surface area contributed by atoms with E-state index in [1.54, 1.807) is 27.7 Å². The number of hydrogen-bond acceptors (Lipinski definition) is 5. The molecule has 0 amide bonds. The van der Waals surface area contributed by atoms with E-state index in [1.165, 1.54) is 11.1 Å². The fourth-order valence-electron chi connectivity index (χ4n) is 1.32. The van der Waals surface area contributed by atoms with Crippen molar-refractivity contribution < 1.29 is 25.3 Å². The maximum absolute atomic E-state index is 9.10. The Labute approximate surface area is 156 Å². The monoisotopic (exact) mass is 360 g/mol. The van der Waals surface area contributed by atoms with Crippen molar-refractivity contribution in [2.75, 3.05) is 0 Å². The van der Waals surface area contributed by atoms with E-state index in [0.717, 1.165) is 0 Å². The van der Waals surface area contributed by atoms with E-state index in [1.807, 2.05) is 36.4 Å². The van der Waals surface area contributed by atoms with E-state index in [0.29, 0.717) is 0 Å². The highest BCUT2D eigenvalue weighted by Gasteiger charge is 2.31. The molecule has 0 bridgehead atoms. The molecule has 2 rings (SSSR count). The van der Waals surface area contributed by atoms with Crippen LogP contribution < -0.4 is 0 Å². The first kappa shape index (κ1) is 24.0. The topological polar surface area (TPSA) is 101 Å². The van der Waals surface area contributed by atoms with Crippen LogP contribution in [0.3, 0.4) is 0 Å². The minimum Gasteiger partial charge on any atom is -0.402 e. The van der Waals surface area contributed by atoms with Crippen LogP contribution in [0.2, 0.25) is 0 Å². The SMILES string of the molecule is C(=Cc1ccccc1)c1ccccc1.CC(C)(O)C(C)(C)O.OB(O)O. The third-order valence-corrected chi connectivity index (χ3v) is 3.56. The van der Waals surface area contributed by atoms with E-state index < -0.39 is 18.5 Å². The molecule has 2 aromatic rings. The van der Waals surface area contributed by atoms with E-state index in [9.17, 15) is 0 Å². The Morgan fingerprint density at radius 2 is 0.846 bits per heavy atom. The molecule has 0 unspecified atom stereocenters. The Morgan fingerprint density at radius 3 is 1.04 bits per heavy atom. The average molecular weight is 360 g/mol. The average Bonchev–Trinajstić information content (AvgIpc) is 2.53. The van der Waals surface area contributed by atoms with Crippen molar-refractivity contribution >= 4 is 19.5 Å². The van der Waals surface area contributed by atoms with Crippen molar-refractivity contribution in [1.29, 1.82) is 0 Å². The molecule has 2 aromatic carbocycles. The molecular formula is C20H29BO5. The zero-order valence-corrected chi connectivity index (χ0v) is 15.7. The predicted octanol–water partition coefficient (Wildman–Crippen LogP) is 2.33. The van der Waals surface area contributed by atoms with Gasteiger partial charge in [0.1, 0.15) is 0 Å². The molecule has 0 radical (unpaired) electrons. The molecule has 0 fully saturated rings. The standard InChI is InChI=1S/C14H12.C6H14O2.BH3O3/c1-3-7-13(8-4-1)11-12-14-9-5-2-6-10-14;1-5(2,7)6(3,4)8;2-1(3)4/h1-12H;7-8H,1-4H3;2-4H. The van der Waals surface area contributed by atoms with Gasteiger partial charge in [0, 0.05) is 0 Å². The number of hydrogen-bond donors (Lipinski definition) is 5. The Morgan fingerprint density at radius 1 is 0.615 bits per heavy atom. The van der Waals surface area contributed by atoms with Crippen molar-refractivity contribution in [3.8, 4) is 0 Å². The molecule has 0 aliphatic carbocycles. The second-order valence-electron chi connectivity index (χ2n) is 6.62. The Bertz CT molecular complexity index is 558. The van der Waals surface area contributed by atoms with Gasteiger partial charge in [-0.05, 0) is 38.8 Å². The lowest BCUT2D eigenvalue weighted by atomic mass is 9.90. The molecular weight excluding hydrogens is 331 g/mol. The molecule has 0 saturated carbocycles. The summed E-state index contributed by atoms with van der Waals surface area (Å²) in [5.74, 6) is 0. The summed E-state index contributed by atoms with van der Waals surface area (Å²) >= 11 is 0. The molecule has 5 nitrogen and oxygen atoms in total. The summed E-state index contributed by atoms with van der Waals surface area (Å²) in [5.41, 5.74) is 0.452. The normalized spacial score (nSPS) is 11.1. The van der Waals surface area contributed by atoms with Crippen molar-refractivity contribution in [2.24, 2.45) is 0 Å². The van der Waals surface area contributed by atoms with E-state index in [4.69, 9.17) is 25.3 Å². The fourth-order valence-corrected chi connectivity index (χ4v) is 1.32. The molecule has 0 spiro atoms. The molecule has 0 aliphatic heterocycles. The highest BCUT2D eigenvalue weighted by atomic mass is 16.5. The van der Waals surface area contributed by atoms with Gasteiger partial charge in [-0.25, -0.2) is 0 Å². The first-order valence-corrected chi connectivity index (χ1v) is 8.20. The van der Waals surface area contributed by atoms with Gasteiger partial charge in [-0.3, -0.25) is 0 Å². The molecule has 142 valence electrons. The summed E-state index contributed by atoms with van der Waals surface area (Å²) in [6.07, 6.45) is 4.24. The van der Waals surface area contributed by atoms with Crippen LogP contribution in [0.25, 0.3) is 12.2 Å². The Balaban J connectivity index is 0.000000444. The third-order valence-electron chi connectivity index (χ3n) is 3.56. The fraction of sp³-hybridized carbons (Fsp3) is 0.300. The molecule has 0 heterocycles. The molecule has 0 atom stereocenters. The minimum atomic E-state index is -2.17.